The smallest absolute Gasteiger partial charge is 0.407 e. The number of hydrogen-bond donors (Lipinski definition) is 2. The van der Waals surface area contributed by atoms with Gasteiger partial charge >= 0.3 is 12.1 Å². The minimum Gasteiger partial charge on any atom is -0.480 e. The number of carboxylic acid groups (broad SMARTS) is 1. The van der Waals surface area contributed by atoms with Crippen molar-refractivity contribution in [1.82, 2.24) is 5.32 Å². The first-order chi connectivity index (χ1) is 7.11. The number of rotatable bonds is 7. The maximum absolute atomic E-state index is 11.0. The fraction of sp³-hybridized carbons (Fsp3) is 0.667. The van der Waals surface area contributed by atoms with Crippen molar-refractivity contribution in [1.29, 1.82) is 0 Å². The molecule has 0 bridgehead atoms. The molecule has 0 aliphatic heterocycles. The number of nitrogens with one attached hydrogen (secondary N) is 1. The van der Waals surface area contributed by atoms with E-state index in [1.54, 1.807) is 0 Å². The molecule has 0 aromatic carbocycles. The third kappa shape index (κ3) is 6.48. The maximum Gasteiger partial charge on any atom is 0.407 e. The Morgan fingerprint density at radius 1 is 1.53 bits per heavy atom. The van der Waals surface area contributed by atoms with Crippen molar-refractivity contribution in [3.05, 3.63) is 0 Å². The summed E-state index contributed by atoms with van der Waals surface area (Å²) >= 11 is 0. The Morgan fingerprint density at radius 3 is 2.67 bits per heavy atom. The van der Waals surface area contributed by atoms with E-state index in [1.165, 1.54) is 0 Å². The van der Waals surface area contributed by atoms with Crippen molar-refractivity contribution in [2.24, 2.45) is 0 Å². The van der Waals surface area contributed by atoms with Crippen LogP contribution in [0.3, 0.4) is 0 Å². The van der Waals surface area contributed by atoms with Crippen molar-refractivity contribution >= 4 is 18.3 Å². The second kappa shape index (κ2) is 7.78. The monoisotopic (exact) mass is 217 g/mol. The number of aliphatic carboxylic acids is 1. The highest BCUT2D eigenvalue weighted by atomic mass is 16.5. The van der Waals surface area contributed by atoms with Crippen LogP contribution in [0, 0.1) is 0 Å². The molecule has 0 saturated heterocycles. The molecule has 1 unspecified atom stereocenters. The highest BCUT2D eigenvalue weighted by Gasteiger charge is 2.19. The second-order valence-electron chi connectivity index (χ2n) is 2.93. The summed E-state index contributed by atoms with van der Waals surface area (Å²) in [7, 11) is 0. The highest BCUT2D eigenvalue weighted by molar-refractivity contribution is 5.82. The van der Waals surface area contributed by atoms with Crippen LogP contribution in [0.4, 0.5) is 4.79 Å². The van der Waals surface area contributed by atoms with E-state index in [0.29, 0.717) is 6.29 Å². The van der Waals surface area contributed by atoms with Gasteiger partial charge in [-0.15, -0.1) is 0 Å². The number of hydrogen-bond acceptors (Lipinski definition) is 4. The molecule has 0 radical (unpaired) electrons. The van der Waals surface area contributed by atoms with Crippen molar-refractivity contribution in [3.63, 3.8) is 0 Å². The van der Waals surface area contributed by atoms with Crippen molar-refractivity contribution < 1.29 is 24.2 Å². The first kappa shape index (κ1) is 13.4. The largest absolute Gasteiger partial charge is 0.480 e. The molecule has 6 nitrogen and oxygen atoms in total. The van der Waals surface area contributed by atoms with Gasteiger partial charge < -0.3 is 20.0 Å². The van der Waals surface area contributed by atoms with Gasteiger partial charge in [0.15, 0.2) is 0 Å². The number of aldehydes is 1. The molecular formula is C9H15NO5. The van der Waals surface area contributed by atoms with E-state index in [1.807, 2.05) is 6.92 Å². The average molecular weight is 217 g/mol. The van der Waals surface area contributed by atoms with E-state index in [9.17, 15) is 14.4 Å². The Hall–Kier alpha value is -1.59. The number of alkyl carbamates (subject to hydrolysis) is 1. The van der Waals surface area contributed by atoms with Crippen molar-refractivity contribution in [2.45, 2.75) is 32.2 Å². The SMILES string of the molecule is CCCCOC(=O)NC(CC=O)C(=O)O. The van der Waals surface area contributed by atoms with Crippen LogP contribution in [-0.2, 0) is 14.3 Å². The third-order valence-corrected chi connectivity index (χ3v) is 1.65. The molecule has 0 aliphatic carbocycles. The molecule has 86 valence electrons. The van der Waals surface area contributed by atoms with Crippen LogP contribution < -0.4 is 5.32 Å². The lowest BCUT2D eigenvalue weighted by molar-refractivity contribution is -0.140. The molecule has 0 fully saturated rings. The van der Waals surface area contributed by atoms with Crippen LogP contribution in [0.1, 0.15) is 26.2 Å². The lowest BCUT2D eigenvalue weighted by atomic mass is 10.2. The minimum atomic E-state index is -1.26. The van der Waals surface area contributed by atoms with Crippen LogP contribution in [0.15, 0.2) is 0 Å². The molecule has 1 atom stereocenters. The zero-order valence-corrected chi connectivity index (χ0v) is 8.56. The Morgan fingerprint density at radius 2 is 2.20 bits per heavy atom. The minimum absolute atomic E-state index is 0.246. The van der Waals surface area contributed by atoms with Crippen LogP contribution in [-0.4, -0.2) is 36.1 Å². The summed E-state index contributed by atoms with van der Waals surface area (Å²) in [6.45, 7) is 2.18. The molecule has 15 heavy (non-hydrogen) atoms. The summed E-state index contributed by atoms with van der Waals surface area (Å²) < 4.78 is 4.68. The number of ether oxygens (including phenoxy) is 1. The van der Waals surface area contributed by atoms with Gasteiger partial charge in [-0.25, -0.2) is 9.59 Å². The number of carbonyl (C=O) groups is 3. The van der Waals surface area contributed by atoms with E-state index >= 15 is 0 Å². The van der Waals surface area contributed by atoms with Crippen LogP contribution >= 0.6 is 0 Å². The maximum atomic E-state index is 11.0. The number of carbonyl (C=O) groups excluding carboxylic acids is 2. The van der Waals surface area contributed by atoms with Gasteiger partial charge in [0, 0.05) is 6.42 Å². The lowest BCUT2D eigenvalue weighted by Crippen LogP contribution is -2.41. The molecule has 0 heterocycles. The van der Waals surface area contributed by atoms with Gasteiger partial charge in [0.25, 0.3) is 0 Å². The summed E-state index contributed by atoms with van der Waals surface area (Å²) in [5.74, 6) is -1.26. The molecule has 0 aromatic heterocycles. The van der Waals surface area contributed by atoms with E-state index in [4.69, 9.17) is 5.11 Å². The van der Waals surface area contributed by atoms with Gasteiger partial charge in [0.2, 0.25) is 0 Å². The van der Waals surface area contributed by atoms with Crippen molar-refractivity contribution in [3.8, 4) is 0 Å². The zero-order valence-electron chi connectivity index (χ0n) is 8.56. The zero-order chi connectivity index (χ0) is 11.7. The Labute approximate surface area is 87.6 Å². The van der Waals surface area contributed by atoms with Gasteiger partial charge in [-0.3, -0.25) is 0 Å². The van der Waals surface area contributed by atoms with E-state index in [-0.39, 0.29) is 13.0 Å². The van der Waals surface area contributed by atoms with E-state index in [2.05, 4.69) is 10.1 Å². The topological polar surface area (TPSA) is 92.7 Å². The fourth-order valence-corrected chi connectivity index (χ4v) is 0.811. The summed E-state index contributed by atoms with van der Waals surface area (Å²) in [5.41, 5.74) is 0. The Bertz CT molecular complexity index is 229. The van der Waals surface area contributed by atoms with Gasteiger partial charge in [-0.05, 0) is 6.42 Å². The molecule has 0 aromatic rings. The molecule has 0 saturated carbocycles. The van der Waals surface area contributed by atoms with E-state index in [0.717, 1.165) is 12.8 Å². The molecule has 2 N–H and O–H groups in total. The normalized spacial score (nSPS) is 11.5. The second-order valence-corrected chi connectivity index (χ2v) is 2.93. The summed E-state index contributed by atoms with van der Waals surface area (Å²) in [6, 6.07) is -1.21. The summed E-state index contributed by atoms with van der Waals surface area (Å²) in [5, 5.41) is 10.7. The van der Waals surface area contributed by atoms with Gasteiger partial charge in [0.1, 0.15) is 12.3 Å². The number of amides is 1. The number of carboxylic acids is 1. The molecule has 0 aliphatic rings. The molecule has 0 rings (SSSR count). The fourth-order valence-electron chi connectivity index (χ4n) is 0.811. The average Bonchev–Trinajstić information content (AvgIpc) is 2.17. The lowest BCUT2D eigenvalue weighted by Gasteiger charge is -2.11. The predicted octanol–water partition coefficient (Wildman–Crippen LogP) is 0.555. The number of unbranched alkanes of at least 4 members (excludes halogenated alkanes) is 1. The van der Waals surface area contributed by atoms with Gasteiger partial charge in [-0.1, -0.05) is 13.3 Å². The highest BCUT2D eigenvalue weighted by Crippen LogP contribution is 1.93. The quantitative estimate of drug-likeness (QED) is 0.480. The van der Waals surface area contributed by atoms with Crippen LogP contribution in [0.2, 0.25) is 0 Å². The van der Waals surface area contributed by atoms with Gasteiger partial charge in [0.05, 0.1) is 6.61 Å². The third-order valence-electron chi connectivity index (χ3n) is 1.65. The van der Waals surface area contributed by atoms with Gasteiger partial charge in [-0.2, -0.15) is 0 Å². The van der Waals surface area contributed by atoms with Crippen LogP contribution in [0.25, 0.3) is 0 Å². The first-order valence-electron chi connectivity index (χ1n) is 4.71. The van der Waals surface area contributed by atoms with Crippen LogP contribution in [0.5, 0.6) is 0 Å². The predicted molar refractivity (Wildman–Crippen MR) is 51.5 cm³/mol. The Kier molecular flexibility index (Phi) is 6.96. The molecular weight excluding hydrogens is 202 g/mol. The first-order valence-corrected chi connectivity index (χ1v) is 4.71. The molecule has 1 amide bonds. The summed E-state index contributed by atoms with van der Waals surface area (Å²) in [6.07, 6.45) is 0.962. The molecule has 6 heteroatoms. The molecule has 0 spiro atoms. The van der Waals surface area contributed by atoms with Crippen molar-refractivity contribution in [2.75, 3.05) is 6.61 Å². The van der Waals surface area contributed by atoms with E-state index < -0.39 is 18.1 Å². The summed E-state index contributed by atoms with van der Waals surface area (Å²) in [4.78, 5) is 31.6. The standard InChI is InChI=1S/C9H15NO5/c1-2-3-6-15-9(14)10-7(4-5-11)8(12)13/h5,7H,2-4,6H2,1H3,(H,10,14)(H,12,13). The Balaban J connectivity index is 3.89.